The van der Waals surface area contributed by atoms with Crippen LogP contribution in [0.15, 0.2) is 78.4 Å². The van der Waals surface area contributed by atoms with Gasteiger partial charge in [-0.2, -0.15) is 0 Å². The molecule has 1 unspecified atom stereocenters. The lowest BCUT2D eigenvalue weighted by molar-refractivity contribution is 0.558. The second-order valence-corrected chi connectivity index (χ2v) is 12.7. The molecule has 0 radical (unpaired) electrons. The Labute approximate surface area is 263 Å². The Morgan fingerprint density at radius 2 is 1.57 bits per heavy atom. The maximum absolute atomic E-state index is 6.30. The number of fused-ring (bicyclic) bond motifs is 1. The van der Waals surface area contributed by atoms with Gasteiger partial charge in [0.15, 0.2) is 0 Å². The highest BCUT2D eigenvalue weighted by atomic mass is 16.3. The highest BCUT2D eigenvalue weighted by molar-refractivity contribution is 5.94. The fraction of sp³-hybridized carbons (Fsp3) is 0.325. The third-order valence-corrected chi connectivity index (χ3v) is 8.74. The predicted molar refractivity (Wildman–Crippen MR) is 189 cm³/mol. The van der Waals surface area contributed by atoms with Crippen molar-refractivity contribution in [1.82, 2.24) is 9.55 Å². The van der Waals surface area contributed by atoms with Gasteiger partial charge in [0.05, 0.1) is 11.3 Å². The summed E-state index contributed by atoms with van der Waals surface area (Å²) in [6, 6.07) is 19.2. The first kappa shape index (κ1) is 31.1. The Bertz CT molecular complexity index is 1810. The average molecular weight is 586 g/mol. The molecule has 2 aromatic heterocycles. The number of para-hydroxylation sites is 2. The van der Waals surface area contributed by atoms with Crippen molar-refractivity contribution in [2.75, 3.05) is 5.32 Å². The Morgan fingerprint density at radius 3 is 2.20 bits per heavy atom. The van der Waals surface area contributed by atoms with E-state index >= 15 is 0 Å². The Hall–Kier alpha value is -4.31. The molecule has 0 bridgehead atoms. The molecule has 1 N–H and O–H groups in total. The number of aryl methyl sites for hydroxylation is 2. The molecule has 5 aromatic rings. The van der Waals surface area contributed by atoms with Gasteiger partial charge >= 0.3 is 0 Å². The summed E-state index contributed by atoms with van der Waals surface area (Å²) in [5.41, 5.74) is 11.3. The molecule has 0 fully saturated rings. The fourth-order valence-corrected chi connectivity index (χ4v) is 6.35. The van der Waals surface area contributed by atoms with Crippen LogP contribution in [0.1, 0.15) is 117 Å². The van der Waals surface area contributed by atoms with E-state index in [9.17, 15) is 0 Å². The van der Waals surface area contributed by atoms with Crippen LogP contribution in [0, 0.1) is 0 Å². The second kappa shape index (κ2) is 12.7. The van der Waals surface area contributed by atoms with Crippen LogP contribution in [0.4, 0.5) is 5.69 Å². The van der Waals surface area contributed by atoms with Gasteiger partial charge in [0.25, 0.3) is 0 Å². The molecule has 5 rings (SSSR count). The van der Waals surface area contributed by atoms with Crippen molar-refractivity contribution in [3.63, 3.8) is 0 Å². The predicted octanol–water partition coefficient (Wildman–Crippen LogP) is 11.3. The highest BCUT2D eigenvalue weighted by Crippen LogP contribution is 2.41. The normalized spacial score (nSPS) is 12.4. The number of hydrogen-bond donors (Lipinski definition) is 1. The van der Waals surface area contributed by atoms with Gasteiger partial charge in [0.1, 0.15) is 23.2 Å². The maximum atomic E-state index is 6.30. The number of anilines is 1. The lowest BCUT2D eigenvalue weighted by Crippen LogP contribution is -2.22. The van der Waals surface area contributed by atoms with Crippen LogP contribution in [0.2, 0.25) is 0 Å². The molecule has 4 nitrogen and oxygen atoms in total. The van der Waals surface area contributed by atoms with E-state index < -0.39 is 0 Å². The Kier molecular flexibility index (Phi) is 9.01. The summed E-state index contributed by atoms with van der Waals surface area (Å²) in [5.74, 6) is 2.92. The third-order valence-electron chi connectivity index (χ3n) is 8.74. The minimum atomic E-state index is -0.248. The highest BCUT2D eigenvalue weighted by Gasteiger charge is 2.29. The number of imidazole rings is 1. The summed E-state index contributed by atoms with van der Waals surface area (Å²) in [6.45, 7) is 24.1. The fourth-order valence-electron chi connectivity index (χ4n) is 6.35. The molecule has 3 aromatic carbocycles. The topological polar surface area (TPSA) is 43.0 Å². The number of benzene rings is 3. The average Bonchev–Trinajstić information content (AvgIpc) is 3.58. The lowest BCUT2D eigenvalue weighted by atomic mass is 9.84. The quantitative estimate of drug-likeness (QED) is 0.168. The smallest absolute Gasteiger partial charge is 0.136 e. The van der Waals surface area contributed by atoms with Gasteiger partial charge in [-0.05, 0) is 57.2 Å². The minimum absolute atomic E-state index is 0.248. The summed E-state index contributed by atoms with van der Waals surface area (Å²) >= 11 is 0. The lowest BCUT2D eigenvalue weighted by Gasteiger charge is -2.29. The molecule has 0 saturated heterocycles. The zero-order valence-corrected chi connectivity index (χ0v) is 27.7. The van der Waals surface area contributed by atoms with E-state index in [0.29, 0.717) is 17.8 Å². The van der Waals surface area contributed by atoms with Crippen LogP contribution in [0.5, 0.6) is 0 Å². The van der Waals surface area contributed by atoms with Crippen LogP contribution in [0.25, 0.3) is 34.4 Å². The number of hydrogen-bond acceptors (Lipinski definition) is 3. The molecule has 228 valence electrons. The largest absolute Gasteiger partial charge is 0.460 e. The van der Waals surface area contributed by atoms with E-state index in [1.54, 1.807) is 0 Å². The van der Waals surface area contributed by atoms with Crippen LogP contribution in [-0.2, 0) is 13.5 Å². The van der Waals surface area contributed by atoms with Gasteiger partial charge < -0.3 is 14.3 Å². The zero-order valence-electron chi connectivity index (χ0n) is 27.7. The van der Waals surface area contributed by atoms with Gasteiger partial charge in [0, 0.05) is 30.7 Å². The molecule has 0 aliphatic rings. The van der Waals surface area contributed by atoms with Crippen molar-refractivity contribution >= 4 is 28.8 Å². The van der Waals surface area contributed by atoms with E-state index in [4.69, 9.17) is 9.40 Å². The summed E-state index contributed by atoms with van der Waals surface area (Å²) in [6.07, 6.45) is 6.89. The van der Waals surface area contributed by atoms with Crippen LogP contribution < -0.4 is 5.32 Å². The molecule has 1 atom stereocenters. The molecule has 0 aliphatic heterocycles. The van der Waals surface area contributed by atoms with E-state index in [-0.39, 0.29) is 6.04 Å². The van der Waals surface area contributed by atoms with E-state index in [0.717, 1.165) is 57.0 Å². The summed E-state index contributed by atoms with van der Waals surface area (Å²) in [7, 11) is 2.10. The van der Waals surface area contributed by atoms with Crippen LogP contribution in [-0.4, -0.2) is 9.55 Å². The number of aromatic nitrogens is 2. The molecular formula is C40H47N3O. The van der Waals surface area contributed by atoms with E-state index in [1.165, 1.54) is 22.3 Å². The first-order valence-corrected chi connectivity index (χ1v) is 15.9. The van der Waals surface area contributed by atoms with E-state index in [2.05, 4.69) is 127 Å². The summed E-state index contributed by atoms with van der Waals surface area (Å²) < 4.78 is 8.47. The molecular weight excluding hydrogens is 538 g/mol. The maximum Gasteiger partial charge on any atom is 0.136 e. The second-order valence-electron chi connectivity index (χ2n) is 12.7. The zero-order chi connectivity index (χ0) is 31.7. The summed E-state index contributed by atoms with van der Waals surface area (Å²) in [5, 5.41) is 5.13. The number of furan rings is 1. The van der Waals surface area contributed by atoms with Crippen molar-refractivity contribution in [2.45, 2.75) is 78.7 Å². The van der Waals surface area contributed by atoms with Crippen molar-refractivity contribution in [1.29, 1.82) is 0 Å². The number of rotatable bonds is 11. The van der Waals surface area contributed by atoms with Gasteiger partial charge in [-0.15, -0.1) is 0 Å². The monoisotopic (exact) mass is 585 g/mol. The van der Waals surface area contributed by atoms with Crippen LogP contribution >= 0.6 is 0 Å². The van der Waals surface area contributed by atoms with Gasteiger partial charge in [-0.3, -0.25) is 0 Å². The van der Waals surface area contributed by atoms with Gasteiger partial charge in [-0.1, -0.05) is 122 Å². The molecule has 0 saturated carbocycles. The van der Waals surface area contributed by atoms with E-state index in [1.807, 2.05) is 24.3 Å². The first-order valence-electron chi connectivity index (χ1n) is 15.9. The molecule has 44 heavy (non-hydrogen) atoms. The molecule has 0 spiro atoms. The molecule has 0 aliphatic carbocycles. The third kappa shape index (κ3) is 5.66. The Balaban J connectivity index is 1.81. The first-order chi connectivity index (χ1) is 21.1. The van der Waals surface area contributed by atoms with Crippen LogP contribution in [0.3, 0.4) is 0 Å². The SMILES string of the molecule is C=Cc1cccc(C(C)C)c1NC(c1c(C=C)cc(C(C)C)cc1C(C)C)c1nc(-c2c(CC)oc3ccccc23)cn1C. The van der Waals surface area contributed by atoms with Gasteiger partial charge in [-0.25, -0.2) is 4.98 Å². The van der Waals surface area contributed by atoms with Crippen molar-refractivity contribution in [3.8, 4) is 11.3 Å². The standard InChI is InChI=1S/C40H47N3O/c1-11-27-17-16-19-30(25(6)7)38(27)42-39(36-28(12-2)21-29(24(4)5)22-32(36)26(8)9)40-41-33(23-43(40)10)37-31-18-14-15-20-35(31)44-34(37)13-3/h11-12,14-26,39,42H,1-2,13H2,3-10H3. The molecule has 2 heterocycles. The van der Waals surface area contributed by atoms with Crippen molar-refractivity contribution in [3.05, 3.63) is 119 Å². The Morgan fingerprint density at radius 1 is 0.864 bits per heavy atom. The minimum Gasteiger partial charge on any atom is -0.460 e. The van der Waals surface area contributed by atoms with Crippen molar-refractivity contribution < 1.29 is 4.42 Å². The summed E-state index contributed by atoms with van der Waals surface area (Å²) in [4.78, 5) is 5.43. The van der Waals surface area contributed by atoms with Crippen molar-refractivity contribution in [2.24, 2.45) is 7.05 Å². The van der Waals surface area contributed by atoms with Gasteiger partial charge in [0.2, 0.25) is 0 Å². The molecule has 4 heteroatoms. The number of nitrogens with one attached hydrogen (secondary N) is 1. The number of nitrogens with zero attached hydrogens (tertiary/aromatic N) is 2. The molecule has 0 amide bonds.